The number of carbonyl (C=O) groups is 1. The zero-order chi connectivity index (χ0) is 15.1. The van der Waals surface area contributed by atoms with Gasteiger partial charge in [-0.2, -0.15) is 0 Å². The number of amides is 2. The van der Waals surface area contributed by atoms with Crippen molar-refractivity contribution in [2.45, 2.75) is 63.5 Å². The van der Waals surface area contributed by atoms with E-state index in [1.54, 1.807) is 6.20 Å². The van der Waals surface area contributed by atoms with Crippen molar-refractivity contribution in [2.24, 2.45) is 11.8 Å². The zero-order valence-corrected chi connectivity index (χ0v) is 14.2. The van der Waals surface area contributed by atoms with Crippen LogP contribution in [-0.4, -0.2) is 28.0 Å². The maximum atomic E-state index is 12.9. The normalized spacial score (nSPS) is 30.9. The molecule has 3 atom stereocenters. The molecule has 1 aromatic heterocycles. The van der Waals surface area contributed by atoms with Crippen molar-refractivity contribution >= 4 is 34.1 Å². The maximum absolute atomic E-state index is 12.9. The van der Waals surface area contributed by atoms with Crippen LogP contribution in [0.15, 0.2) is 6.20 Å². The second kappa shape index (κ2) is 6.00. The maximum Gasteiger partial charge on any atom is 0.324 e. The molecule has 0 aliphatic heterocycles. The van der Waals surface area contributed by atoms with Crippen LogP contribution in [0.5, 0.6) is 0 Å². The highest BCUT2D eigenvalue weighted by atomic mass is 35.5. The van der Waals surface area contributed by atoms with Gasteiger partial charge in [0.2, 0.25) is 0 Å². The fourth-order valence-corrected chi connectivity index (χ4v) is 5.59. The molecule has 1 N–H and O–H groups in total. The first-order valence-electron chi connectivity index (χ1n) is 8.41. The number of hydrogen-bond donors (Lipinski definition) is 1. The SMILES string of the molecule is O=C(Nc1ncc(Cl)s1)N(C1CCCC1)C1CC2CCC1C2. The van der Waals surface area contributed by atoms with Gasteiger partial charge in [-0.25, -0.2) is 9.78 Å². The Labute approximate surface area is 140 Å². The van der Waals surface area contributed by atoms with Crippen LogP contribution < -0.4 is 5.32 Å². The van der Waals surface area contributed by atoms with E-state index in [9.17, 15) is 4.79 Å². The molecule has 0 spiro atoms. The molecule has 3 fully saturated rings. The summed E-state index contributed by atoms with van der Waals surface area (Å²) in [5, 5.41) is 3.60. The Kier molecular flexibility index (Phi) is 4.03. The molecule has 0 saturated heterocycles. The monoisotopic (exact) mass is 339 g/mol. The first-order chi connectivity index (χ1) is 10.7. The molecule has 4 nitrogen and oxygen atoms in total. The van der Waals surface area contributed by atoms with Crippen LogP contribution in [0.3, 0.4) is 0 Å². The Morgan fingerprint density at radius 3 is 2.68 bits per heavy atom. The van der Waals surface area contributed by atoms with E-state index in [0.717, 1.165) is 24.7 Å². The summed E-state index contributed by atoms with van der Waals surface area (Å²) < 4.78 is 0.614. The van der Waals surface area contributed by atoms with Gasteiger partial charge in [0.1, 0.15) is 4.34 Å². The van der Waals surface area contributed by atoms with E-state index in [4.69, 9.17) is 11.6 Å². The molecule has 1 heterocycles. The molecule has 0 radical (unpaired) electrons. The molecule has 0 aromatic carbocycles. The van der Waals surface area contributed by atoms with E-state index >= 15 is 0 Å². The third kappa shape index (κ3) is 2.73. The average molecular weight is 340 g/mol. The van der Waals surface area contributed by atoms with E-state index in [1.165, 1.54) is 49.9 Å². The Balaban J connectivity index is 1.52. The first kappa shape index (κ1) is 14.8. The fourth-order valence-electron chi connectivity index (χ4n) is 4.79. The number of fused-ring (bicyclic) bond motifs is 2. The fraction of sp³-hybridized carbons (Fsp3) is 0.750. The number of carbonyl (C=O) groups excluding carboxylic acids is 1. The second-order valence-corrected chi connectivity index (χ2v) is 8.65. The number of thiazole rings is 1. The van der Waals surface area contributed by atoms with Crippen LogP contribution in [0.25, 0.3) is 0 Å². The smallest absolute Gasteiger partial charge is 0.318 e. The molecule has 6 heteroatoms. The third-order valence-corrected chi connectivity index (χ3v) is 6.73. The number of anilines is 1. The summed E-state index contributed by atoms with van der Waals surface area (Å²) in [6, 6.07) is 0.896. The van der Waals surface area contributed by atoms with Gasteiger partial charge in [-0.15, -0.1) is 0 Å². The predicted octanol–water partition coefficient (Wildman–Crippen LogP) is 4.76. The van der Waals surface area contributed by atoms with Gasteiger partial charge in [-0.3, -0.25) is 5.32 Å². The summed E-state index contributed by atoms with van der Waals surface area (Å²) in [5.74, 6) is 1.57. The second-order valence-electron chi connectivity index (χ2n) is 6.99. The van der Waals surface area contributed by atoms with Crippen LogP contribution in [0.4, 0.5) is 9.93 Å². The van der Waals surface area contributed by atoms with Crippen LogP contribution in [0.1, 0.15) is 51.4 Å². The summed E-state index contributed by atoms with van der Waals surface area (Å²) >= 11 is 7.25. The summed E-state index contributed by atoms with van der Waals surface area (Å²) in [5.41, 5.74) is 0. The van der Waals surface area contributed by atoms with Crippen LogP contribution in [-0.2, 0) is 0 Å². The number of halogens is 1. The number of hydrogen-bond acceptors (Lipinski definition) is 3. The number of nitrogens with one attached hydrogen (secondary N) is 1. The van der Waals surface area contributed by atoms with Crippen molar-refractivity contribution in [2.75, 3.05) is 5.32 Å². The summed E-state index contributed by atoms with van der Waals surface area (Å²) in [7, 11) is 0. The molecule has 3 unspecified atom stereocenters. The molecule has 120 valence electrons. The Morgan fingerprint density at radius 2 is 2.09 bits per heavy atom. The van der Waals surface area contributed by atoms with Crippen LogP contribution >= 0.6 is 22.9 Å². The summed E-state index contributed by atoms with van der Waals surface area (Å²) in [6.45, 7) is 0. The number of nitrogens with zero attached hydrogens (tertiary/aromatic N) is 2. The third-order valence-electron chi connectivity index (χ3n) is 5.70. The van der Waals surface area contributed by atoms with Crippen LogP contribution in [0.2, 0.25) is 4.34 Å². The van der Waals surface area contributed by atoms with Crippen molar-refractivity contribution in [1.29, 1.82) is 0 Å². The van der Waals surface area contributed by atoms with E-state index in [2.05, 4.69) is 15.2 Å². The molecule has 4 rings (SSSR count). The summed E-state index contributed by atoms with van der Waals surface area (Å²) in [4.78, 5) is 19.3. The van der Waals surface area contributed by atoms with Gasteiger partial charge in [0.25, 0.3) is 0 Å². The van der Waals surface area contributed by atoms with E-state index in [1.807, 2.05) is 0 Å². The molecule has 3 saturated carbocycles. The van der Waals surface area contributed by atoms with Crippen LogP contribution in [0, 0.1) is 11.8 Å². The first-order valence-corrected chi connectivity index (χ1v) is 9.61. The molecule has 2 amide bonds. The lowest BCUT2D eigenvalue weighted by atomic mass is 9.93. The Hall–Kier alpha value is -0.810. The van der Waals surface area contributed by atoms with E-state index in [-0.39, 0.29) is 6.03 Å². The van der Waals surface area contributed by atoms with Gasteiger partial charge in [0.05, 0.1) is 6.20 Å². The Bertz CT molecular complexity index is 557. The molecule has 22 heavy (non-hydrogen) atoms. The average Bonchev–Trinajstić information content (AvgIpc) is 3.24. The molecular formula is C16H22ClN3OS. The van der Waals surface area contributed by atoms with Gasteiger partial charge in [-0.1, -0.05) is 42.2 Å². The molecule has 1 aromatic rings. The predicted molar refractivity (Wildman–Crippen MR) is 89.5 cm³/mol. The highest BCUT2D eigenvalue weighted by Gasteiger charge is 2.46. The highest BCUT2D eigenvalue weighted by molar-refractivity contribution is 7.19. The van der Waals surface area contributed by atoms with Gasteiger partial charge >= 0.3 is 6.03 Å². The molecular weight excluding hydrogens is 318 g/mol. The largest absolute Gasteiger partial charge is 0.324 e. The molecule has 3 aliphatic carbocycles. The minimum Gasteiger partial charge on any atom is -0.318 e. The van der Waals surface area contributed by atoms with Crippen molar-refractivity contribution in [1.82, 2.24) is 9.88 Å². The van der Waals surface area contributed by atoms with E-state index < -0.39 is 0 Å². The standard InChI is InChI=1S/C16H22ClN3OS/c17-14-9-18-15(22-14)19-16(21)20(12-3-1-2-4-12)13-8-10-5-6-11(13)7-10/h9-13H,1-8H2,(H,18,19,21). The summed E-state index contributed by atoms with van der Waals surface area (Å²) in [6.07, 6.45) is 11.6. The van der Waals surface area contributed by atoms with Crippen molar-refractivity contribution in [3.63, 3.8) is 0 Å². The van der Waals surface area contributed by atoms with Crippen molar-refractivity contribution in [3.8, 4) is 0 Å². The lowest BCUT2D eigenvalue weighted by Gasteiger charge is -2.38. The lowest BCUT2D eigenvalue weighted by Crippen LogP contribution is -2.50. The quantitative estimate of drug-likeness (QED) is 0.862. The van der Waals surface area contributed by atoms with Gasteiger partial charge in [-0.05, 0) is 43.9 Å². The van der Waals surface area contributed by atoms with Crippen molar-refractivity contribution < 1.29 is 4.79 Å². The Morgan fingerprint density at radius 1 is 1.27 bits per heavy atom. The van der Waals surface area contributed by atoms with Gasteiger partial charge < -0.3 is 4.90 Å². The number of rotatable bonds is 3. The van der Waals surface area contributed by atoms with E-state index in [0.29, 0.717) is 21.6 Å². The zero-order valence-electron chi connectivity index (χ0n) is 12.6. The highest BCUT2D eigenvalue weighted by Crippen LogP contribution is 2.48. The molecule has 2 bridgehead atoms. The lowest BCUT2D eigenvalue weighted by molar-refractivity contribution is 0.126. The molecule has 3 aliphatic rings. The van der Waals surface area contributed by atoms with Crippen molar-refractivity contribution in [3.05, 3.63) is 10.5 Å². The number of urea groups is 1. The van der Waals surface area contributed by atoms with Gasteiger partial charge in [0.15, 0.2) is 5.13 Å². The minimum absolute atomic E-state index is 0.0375. The topological polar surface area (TPSA) is 45.2 Å². The minimum atomic E-state index is 0.0375. The van der Waals surface area contributed by atoms with Gasteiger partial charge in [0, 0.05) is 12.1 Å². The number of aromatic nitrogens is 1.